The van der Waals surface area contributed by atoms with Crippen molar-refractivity contribution in [3.8, 4) is 0 Å². The summed E-state index contributed by atoms with van der Waals surface area (Å²) in [4.78, 5) is 12.1. The van der Waals surface area contributed by atoms with Crippen LogP contribution in [0.5, 0.6) is 0 Å². The Balaban J connectivity index is 2.23. The number of nitro groups is 1. The molecule has 0 aromatic heterocycles. The minimum Gasteiger partial charge on any atom is -0.392 e. The average molecular weight is 290 g/mol. The van der Waals surface area contributed by atoms with Crippen LogP contribution < -0.4 is 4.90 Å². The predicted molar refractivity (Wildman–Crippen MR) is 77.5 cm³/mol. The van der Waals surface area contributed by atoms with Gasteiger partial charge in [0.2, 0.25) is 0 Å². The monoisotopic (exact) mass is 290 g/mol. The summed E-state index contributed by atoms with van der Waals surface area (Å²) in [7, 11) is 1.81. The van der Waals surface area contributed by atoms with Crippen molar-refractivity contribution in [2.24, 2.45) is 0 Å². The highest BCUT2D eigenvalue weighted by Crippen LogP contribution is 2.26. The molecule has 0 amide bonds. The molecule has 0 saturated carbocycles. The average Bonchev–Trinajstić information content (AvgIpc) is 2.48. The Kier molecular flexibility index (Phi) is 4.49. The number of nitro benzene ring substituents is 1. The first-order valence-corrected chi connectivity index (χ1v) is 6.35. The minimum atomic E-state index is -0.497. The summed E-state index contributed by atoms with van der Waals surface area (Å²) in [6, 6.07) is 10.5. The van der Waals surface area contributed by atoms with Gasteiger partial charge in [0.05, 0.1) is 11.5 Å². The van der Waals surface area contributed by atoms with Gasteiger partial charge in [-0.15, -0.1) is 0 Å². The summed E-state index contributed by atoms with van der Waals surface area (Å²) in [6.45, 7) is 0.218. The molecule has 2 rings (SSSR count). The quantitative estimate of drug-likeness (QED) is 0.679. The van der Waals surface area contributed by atoms with E-state index in [1.165, 1.54) is 24.3 Å². The van der Waals surface area contributed by atoms with Crippen LogP contribution >= 0.6 is 0 Å². The Hall–Kier alpha value is -2.47. The summed E-state index contributed by atoms with van der Waals surface area (Å²) < 4.78 is 12.9. The third-order valence-electron chi connectivity index (χ3n) is 3.19. The van der Waals surface area contributed by atoms with Gasteiger partial charge < -0.3 is 10.0 Å². The highest BCUT2D eigenvalue weighted by Gasteiger charge is 2.13. The summed E-state index contributed by atoms with van der Waals surface area (Å²) in [5.74, 6) is -0.298. The second-order valence-electron chi connectivity index (χ2n) is 4.71. The topological polar surface area (TPSA) is 66.6 Å². The number of aliphatic hydroxyl groups is 1. The molecule has 0 aliphatic rings. The third kappa shape index (κ3) is 3.55. The smallest absolute Gasteiger partial charge is 0.269 e. The summed E-state index contributed by atoms with van der Waals surface area (Å²) >= 11 is 0. The van der Waals surface area contributed by atoms with Gasteiger partial charge in [0.1, 0.15) is 5.82 Å². The molecule has 0 unspecified atom stereocenters. The van der Waals surface area contributed by atoms with Crippen molar-refractivity contribution in [3.05, 3.63) is 69.5 Å². The van der Waals surface area contributed by atoms with E-state index in [4.69, 9.17) is 0 Å². The number of nitrogens with zero attached hydrogens (tertiary/aromatic N) is 2. The second-order valence-corrected chi connectivity index (χ2v) is 4.71. The van der Waals surface area contributed by atoms with Crippen molar-refractivity contribution < 1.29 is 14.4 Å². The van der Waals surface area contributed by atoms with Crippen molar-refractivity contribution >= 4 is 11.4 Å². The maximum Gasteiger partial charge on any atom is 0.269 e. The molecule has 6 heteroatoms. The van der Waals surface area contributed by atoms with E-state index in [-0.39, 0.29) is 18.1 Å². The van der Waals surface area contributed by atoms with Crippen LogP contribution in [0.25, 0.3) is 0 Å². The van der Waals surface area contributed by atoms with Crippen LogP contribution in [-0.2, 0) is 13.2 Å². The Morgan fingerprint density at radius 2 is 1.90 bits per heavy atom. The predicted octanol–water partition coefficient (Wildman–Crippen LogP) is 2.86. The van der Waals surface area contributed by atoms with Crippen molar-refractivity contribution in [2.45, 2.75) is 13.2 Å². The SMILES string of the molecule is CN(Cc1ccc(F)cc1)c1ccc([N+](=O)[O-])cc1CO. The van der Waals surface area contributed by atoms with Gasteiger partial charge in [0.15, 0.2) is 0 Å². The van der Waals surface area contributed by atoms with Crippen molar-refractivity contribution in [1.29, 1.82) is 0 Å². The van der Waals surface area contributed by atoms with Gasteiger partial charge in [-0.1, -0.05) is 12.1 Å². The van der Waals surface area contributed by atoms with E-state index in [0.717, 1.165) is 5.56 Å². The maximum absolute atomic E-state index is 12.9. The van der Waals surface area contributed by atoms with Gasteiger partial charge in [0.25, 0.3) is 5.69 Å². The molecule has 0 spiro atoms. The Labute approximate surface area is 121 Å². The molecule has 0 saturated heterocycles. The number of non-ortho nitro benzene ring substituents is 1. The van der Waals surface area contributed by atoms with Crippen LogP contribution in [0.3, 0.4) is 0 Å². The van der Waals surface area contributed by atoms with E-state index >= 15 is 0 Å². The lowest BCUT2D eigenvalue weighted by Crippen LogP contribution is -2.18. The standard InChI is InChI=1S/C15H15FN2O3/c1-17(9-11-2-4-13(16)5-3-11)15-7-6-14(18(20)21)8-12(15)10-19/h2-8,19H,9-10H2,1H3. The lowest BCUT2D eigenvalue weighted by atomic mass is 10.1. The first kappa shape index (κ1) is 14.9. The second kappa shape index (κ2) is 6.32. The van der Waals surface area contributed by atoms with E-state index in [2.05, 4.69) is 0 Å². The molecule has 2 aromatic rings. The summed E-state index contributed by atoms with van der Waals surface area (Å²) in [5, 5.41) is 20.1. The molecule has 0 aliphatic carbocycles. The zero-order valence-corrected chi connectivity index (χ0v) is 11.5. The van der Waals surface area contributed by atoms with Gasteiger partial charge in [0, 0.05) is 37.0 Å². The van der Waals surface area contributed by atoms with Crippen LogP contribution in [0.4, 0.5) is 15.8 Å². The molecule has 0 bridgehead atoms. The minimum absolute atomic E-state index is 0.0574. The first-order valence-electron chi connectivity index (χ1n) is 6.35. The molecule has 110 valence electrons. The van der Waals surface area contributed by atoms with Crippen molar-refractivity contribution in [2.75, 3.05) is 11.9 Å². The molecule has 0 heterocycles. The fraction of sp³-hybridized carbons (Fsp3) is 0.200. The number of hydrogen-bond acceptors (Lipinski definition) is 4. The largest absolute Gasteiger partial charge is 0.392 e. The number of aliphatic hydroxyl groups excluding tert-OH is 1. The molecule has 0 radical (unpaired) electrons. The maximum atomic E-state index is 12.9. The first-order chi connectivity index (χ1) is 10.0. The van der Waals surface area contributed by atoms with E-state index in [0.29, 0.717) is 17.8 Å². The molecule has 0 atom stereocenters. The Morgan fingerprint density at radius 1 is 1.24 bits per heavy atom. The van der Waals surface area contributed by atoms with Crippen molar-refractivity contribution in [3.63, 3.8) is 0 Å². The molecular formula is C15H15FN2O3. The van der Waals surface area contributed by atoms with E-state index in [1.54, 1.807) is 18.2 Å². The summed E-state index contributed by atoms with van der Waals surface area (Å²) in [6.07, 6.45) is 0. The zero-order valence-electron chi connectivity index (χ0n) is 11.5. The third-order valence-corrected chi connectivity index (χ3v) is 3.19. The van der Waals surface area contributed by atoms with Crippen LogP contribution in [0.15, 0.2) is 42.5 Å². The van der Waals surface area contributed by atoms with Gasteiger partial charge >= 0.3 is 0 Å². The van der Waals surface area contributed by atoms with Crippen LogP contribution in [0.2, 0.25) is 0 Å². The van der Waals surface area contributed by atoms with E-state index < -0.39 is 4.92 Å². The van der Waals surface area contributed by atoms with Crippen LogP contribution in [0.1, 0.15) is 11.1 Å². The summed E-state index contributed by atoms with van der Waals surface area (Å²) in [5.41, 5.74) is 2.03. The van der Waals surface area contributed by atoms with Crippen LogP contribution in [0, 0.1) is 15.9 Å². The Morgan fingerprint density at radius 3 is 2.48 bits per heavy atom. The molecule has 5 nitrogen and oxygen atoms in total. The fourth-order valence-electron chi connectivity index (χ4n) is 2.13. The zero-order chi connectivity index (χ0) is 15.4. The Bertz CT molecular complexity index is 644. The number of hydrogen-bond donors (Lipinski definition) is 1. The molecule has 2 aromatic carbocycles. The van der Waals surface area contributed by atoms with Gasteiger partial charge in [-0.3, -0.25) is 10.1 Å². The van der Waals surface area contributed by atoms with Crippen molar-refractivity contribution in [1.82, 2.24) is 0 Å². The molecule has 21 heavy (non-hydrogen) atoms. The molecular weight excluding hydrogens is 275 g/mol. The lowest BCUT2D eigenvalue weighted by molar-refractivity contribution is -0.384. The molecule has 0 fully saturated rings. The fourth-order valence-corrected chi connectivity index (χ4v) is 2.13. The van der Waals surface area contributed by atoms with Crippen LogP contribution in [-0.4, -0.2) is 17.1 Å². The highest BCUT2D eigenvalue weighted by molar-refractivity contribution is 5.57. The number of anilines is 1. The number of rotatable bonds is 5. The normalized spacial score (nSPS) is 10.4. The molecule has 0 aliphatic heterocycles. The van der Waals surface area contributed by atoms with Gasteiger partial charge in [-0.2, -0.15) is 0 Å². The molecule has 1 N–H and O–H groups in total. The number of benzene rings is 2. The van der Waals surface area contributed by atoms with Gasteiger partial charge in [-0.05, 0) is 23.8 Å². The number of halogens is 1. The highest BCUT2D eigenvalue weighted by atomic mass is 19.1. The van der Waals surface area contributed by atoms with E-state index in [9.17, 15) is 19.6 Å². The van der Waals surface area contributed by atoms with E-state index in [1.807, 2.05) is 11.9 Å². The van der Waals surface area contributed by atoms with Gasteiger partial charge in [-0.25, -0.2) is 4.39 Å². The lowest BCUT2D eigenvalue weighted by Gasteiger charge is -2.22.